The Labute approximate surface area is 120 Å². The summed E-state index contributed by atoms with van der Waals surface area (Å²) in [4.78, 5) is 0. The highest BCUT2D eigenvalue weighted by Gasteiger charge is 2.05. The molecule has 20 heavy (non-hydrogen) atoms. The normalized spacial score (nSPS) is 10.8. The fraction of sp³-hybridized carbons (Fsp3) is 0.438. The topological polar surface area (TPSA) is 39.1 Å². The van der Waals surface area contributed by atoms with Crippen LogP contribution in [0.5, 0.6) is 5.75 Å². The first kappa shape index (κ1) is 14.4. The first-order chi connectivity index (χ1) is 9.58. The van der Waals surface area contributed by atoms with Crippen LogP contribution in [0.4, 0.5) is 5.82 Å². The molecule has 1 N–H and O–H groups in total. The number of aryl methyl sites for hydroxylation is 1. The summed E-state index contributed by atoms with van der Waals surface area (Å²) in [5.74, 6) is 2.41. The van der Waals surface area contributed by atoms with Gasteiger partial charge in [0.25, 0.3) is 0 Å². The molecule has 0 bridgehead atoms. The number of hydrogen-bond acceptors (Lipinski definition) is 3. The minimum absolute atomic E-state index is 0.600. The Morgan fingerprint density at radius 2 is 1.95 bits per heavy atom. The van der Waals surface area contributed by atoms with Crippen LogP contribution in [0.1, 0.15) is 25.1 Å². The number of methoxy groups -OCH3 is 1. The summed E-state index contributed by atoms with van der Waals surface area (Å²) in [5.41, 5.74) is 2.40. The maximum absolute atomic E-state index is 5.15. The van der Waals surface area contributed by atoms with Crippen molar-refractivity contribution in [1.82, 2.24) is 9.78 Å². The molecule has 4 heteroatoms. The minimum Gasteiger partial charge on any atom is -0.497 e. The molecule has 0 amide bonds. The number of hydrogen-bond donors (Lipinski definition) is 1. The Kier molecular flexibility index (Phi) is 4.66. The molecule has 1 aromatic heterocycles. The second kappa shape index (κ2) is 6.46. The standard InChI is InChI=1S/C16H23N3O/c1-12(2)11-19-13(3)9-16(18-19)17-10-14-5-7-15(20-4)8-6-14/h5-9,12H,10-11H2,1-4H3,(H,17,18). The van der Waals surface area contributed by atoms with Gasteiger partial charge in [0.15, 0.2) is 0 Å². The highest BCUT2D eigenvalue weighted by atomic mass is 16.5. The predicted octanol–water partition coefficient (Wildman–Crippen LogP) is 3.47. The van der Waals surface area contributed by atoms with Gasteiger partial charge in [0.05, 0.1) is 7.11 Å². The molecule has 2 rings (SSSR count). The van der Waals surface area contributed by atoms with Crippen molar-refractivity contribution in [2.45, 2.75) is 33.9 Å². The van der Waals surface area contributed by atoms with Gasteiger partial charge in [-0.2, -0.15) is 5.10 Å². The van der Waals surface area contributed by atoms with Crippen molar-refractivity contribution in [3.63, 3.8) is 0 Å². The highest BCUT2D eigenvalue weighted by molar-refractivity contribution is 5.37. The van der Waals surface area contributed by atoms with E-state index in [2.05, 4.69) is 54.1 Å². The summed E-state index contributed by atoms with van der Waals surface area (Å²) in [5, 5.41) is 7.94. The van der Waals surface area contributed by atoms with Crippen molar-refractivity contribution in [2.75, 3.05) is 12.4 Å². The Hall–Kier alpha value is -1.97. The molecular weight excluding hydrogens is 250 g/mol. The van der Waals surface area contributed by atoms with Crippen LogP contribution < -0.4 is 10.1 Å². The van der Waals surface area contributed by atoms with Crippen molar-refractivity contribution in [3.05, 3.63) is 41.6 Å². The van der Waals surface area contributed by atoms with Crippen molar-refractivity contribution in [2.24, 2.45) is 5.92 Å². The van der Waals surface area contributed by atoms with Crippen molar-refractivity contribution in [3.8, 4) is 5.75 Å². The van der Waals surface area contributed by atoms with E-state index in [9.17, 15) is 0 Å². The van der Waals surface area contributed by atoms with Gasteiger partial charge in [0, 0.05) is 24.8 Å². The van der Waals surface area contributed by atoms with Gasteiger partial charge in [-0.15, -0.1) is 0 Å². The summed E-state index contributed by atoms with van der Waals surface area (Å²) in [6, 6.07) is 10.2. The SMILES string of the molecule is COc1ccc(CNc2cc(C)n(CC(C)C)n2)cc1. The van der Waals surface area contributed by atoms with E-state index in [0.717, 1.165) is 24.7 Å². The highest BCUT2D eigenvalue weighted by Crippen LogP contribution is 2.14. The van der Waals surface area contributed by atoms with E-state index in [1.165, 1.54) is 11.3 Å². The number of benzene rings is 1. The van der Waals surface area contributed by atoms with Crippen LogP contribution in [0, 0.1) is 12.8 Å². The summed E-state index contributed by atoms with van der Waals surface area (Å²) in [6.07, 6.45) is 0. The van der Waals surface area contributed by atoms with Crippen LogP contribution >= 0.6 is 0 Å². The van der Waals surface area contributed by atoms with Gasteiger partial charge in [-0.1, -0.05) is 26.0 Å². The van der Waals surface area contributed by atoms with Gasteiger partial charge < -0.3 is 10.1 Å². The van der Waals surface area contributed by atoms with Crippen LogP contribution in [0.15, 0.2) is 30.3 Å². The number of anilines is 1. The zero-order valence-electron chi connectivity index (χ0n) is 12.7. The molecule has 1 aromatic carbocycles. The number of nitrogens with one attached hydrogen (secondary N) is 1. The van der Waals surface area contributed by atoms with E-state index in [1.54, 1.807) is 7.11 Å². The lowest BCUT2D eigenvalue weighted by molar-refractivity contribution is 0.414. The third-order valence-electron chi connectivity index (χ3n) is 3.15. The molecule has 0 saturated carbocycles. The third kappa shape index (κ3) is 3.76. The molecule has 0 saturated heterocycles. The van der Waals surface area contributed by atoms with E-state index in [4.69, 9.17) is 4.74 Å². The van der Waals surface area contributed by atoms with E-state index in [0.29, 0.717) is 5.92 Å². The fourth-order valence-corrected chi connectivity index (χ4v) is 2.06. The van der Waals surface area contributed by atoms with Crippen LogP contribution in [-0.4, -0.2) is 16.9 Å². The van der Waals surface area contributed by atoms with Crippen molar-refractivity contribution >= 4 is 5.82 Å². The largest absolute Gasteiger partial charge is 0.497 e. The second-order valence-corrected chi connectivity index (χ2v) is 5.45. The van der Waals surface area contributed by atoms with Crippen LogP contribution in [-0.2, 0) is 13.1 Å². The molecule has 0 fully saturated rings. The molecule has 2 aromatic rings. The summed E-state index contributed by atoms with van der Waals surface area (Å²) >= 11 is 0. The predicted molar refractivity (Wildman–Crippen MR) is 82.1 cm³/mol. The number of aromatic nitrogens is 2. The monoisotopic (exact) mass is 273 g/mol. The number of ether oxygens (including phenoxy) is 1. The molecule has 0 spiro atoms. The number of nitrogens with zero attached hydrogens (tertiary/aromatic N) is 2. The van der Waals surface area contributed by atoms with E-state index < -0.39 is 0 Å². The van der Waals surface area contributed by atoms with Crippen LogP contribution in [0.3, 0.4) is 0 Å². The van der Waals surface area contributed by atoms with Gasteiger partial charge in [0.2, 0.25) is 0 Å². The maximum Gasteiger partial charge on any atom is 0.148 e. The average molecular weight is 273 g/mol. The van der Waals surface area contributed by atoms with Gasteiger partial charge in [-0.05, 0) is 30.5 Å². The Morgan fingerprint density at radius 1 is 1.25 bits per heavy atom. The minimum atomic E-state index is 0.600. The van der Waals surface area contributed by atoms with E-state index in [1.807, 2.05) is 12.1 Å². The molecule has 0 aliphatic heterocycles. The lowest BCUT2D eigenvalue weighted by Gasteiger charge is -2.07. The Morgan fingerprint density at radius 3 is 2.55 bits per heavy atom. The van der Waals surface area contributed by atoms with Crippen molar-refractivity contribution < 1.29 is 4.74 Å². The second-order valence-electron chi connectivity index (χ2n) is 5.45. The molecule has 1 heterocycles. The van der Waals surface area contributed by atoms with E-state index >= 15 is 0 Å². The van der Waals surface area contributed by atoms with E-state index in [-0.39, 0.29) is 0 Å². The van der Waals surface area contributed by atoms with Gasteiger partial charge >= 0.3 is 0 Å². The van der Waals surface area contributed by atoms with Crippen LogP contribution in [0.2, 0.25) is 0 Å². The third-order valence-corrected chi connectivity index (χ3v) is 3.15. The zero-order chi connectivity index (χ0) is 14.5. The molecule has 0 atom stereocenters. The molecule has 4 nitrogen and oxygen atoms in total. The smallest absolute Gasteiger partial charge is 0.148 e. The van der Waals surface area contributed by atoms with Crippen molar-refractivity contribution in [1.29, 1.82) is 0 Å². The zero-order valence-corrected chi connectivity index (χ0v) is 12.7. The summed E-state index contributed by atoms with van der Waals surface area (Å²) in [7, 11) is 1.68. The lowest BCUT2D eigenvalue weighted by Crippen LogP contribution is -2.08. The van der Waals surface area contributed by atoms with Gasteiger partial charge in [-0.25, -0.2) is 0 Å². The quantitative estimate of drug-likeness (QED) is 0.876. The van der Waals surface area contributed by atoms with Gasteiger partial charge in [0.1, 0.15) is 11.6 Å². The first-order valence-corrected chi connectivity index (χ1v) is 6.99. The maximum atomic E-state index is 5.15. The Bertz CT molecular complexity index is 543. The van der Waals surface area contributed by atoms with Crippen LogP contribution in [0.25, 0.3) is 0 Å². The molecule has 108 valence electrons. The fourth-order valence-electron chi connectivity index (χ4n) is 2.06. The lowest BCUT2D eigenvalue weighted by atomic mass is 10.2. The molecular formula is C16H23N3O. The first-order valence-electron chi connectivity index (χ1n) is 6.99. The number of rotatable bonds is 6. The molecule has 0 aliphatic rings. The summed E-state index contributed by atoms with van der Waals surface area (Å²) < 4.78 is 7.21. The average Bonchev–Trinajstić information content (AvgIpc) is 2.77. The molecule has 0 unspecified atom stereocenters. The molecule has 0 radical (unpaired) electrons. The van der Waals surface area contributed by atoms with Gasteiger partial charge in [-0.3, -0.25) is 4.68 Å². The molecule has 0 aliphatic carbocycles. The summed E-state index contributed by atoms with van der Waals surface area (Å²) in [6.45, 7) is 8.21. The Balaban J connectivity index is 1.96.